The number of amides is 3. The van der Waals surface area contributed by atoms with Crippen LogP contribution in [0, 0.1) is 10.1 Å². The molecule has 0 aromatic heterocycles. The monoisotopic (exact) mass is 456 g/mol. The van der Waals surface area contributed by atoms with Gasteiger partial charge in [0.1, 0.15) is 6.04 Å². The Morgan fingerprint density at radius 1 is 1.17 bits per heavy atom. The van der Waals surface area contributed by atoms with Crippen LogP contribution in [0.5, 0.6) is 0 Å². The minimum absolute atomic E-state index is 0.179. The van der Waals surface area contributed by atoms with E-state index in [-0.39, 0.29) is 17.1 Å². The number of urea groups is 1. The molecule has 3 amide bonds. The first kappa shape index (κ1) is 23.1. The summed E-state index contributed by atoms with van der Waals surface area (Å²) in [6.07, 6.45) is 0. The van der Waals surface area contributed by atoms with Crippen molar-refractivity contribution in [2.45, 2.75) is 24.4 Å². The van der Waals surface area contributed by atoms with Crippen LogP contribution in [0.4, 0.5) is 10.5 Å². The standard InChI is InChI=1S/C17H17ClN4O7S/c1-11(16(23)19-25)21(10-12-2-6-14(7-3-12)22(26)27)17(24)20-30(28,29)15-8-4-13(18)5-9-15/h2-9,11,25H,10H2,1H3,(H,19,23)(H,20,24)/t11-/m0/s1. The van der Waals surface area contributed by atoms with Crippen LogP contribution >= 0.6 is 11.6 Å². The molecule has 0 heterocycles. The summed E-state index contributed by atoms with van der Waals surface area (Å²) in [7, 11) is -4.28. The van der Waals surface area contributed by atoms with Gasteiger partial charge in [-0.05, 0) is 36.8 Å². The van der Waals surface area contributed by atoms with Crippen molar-refractivity contribution in [2.75, 3.05) is 0 Å². The second kappa shape index (κ2) is 9.52. The molecule has 0 saturated carbocycles. The molecule has 2 aromatic rings. The molecule has 160 valence electrons. The first-order valence-electron chi connectivity index (χ1n) is 8.31. The van der Waals surface area contributed by atoms with Gasteiger partial charge >= 0.3 is 6.03 Å². The van der Waals surface area contributed by atoms with E-state index < -0.39 is 32.9 Å². The third kappa shape index (κ3) is 5.65. The number of nitro groups is 1. The van der Waals surface area contributed by atoms with Crippen LogP contribution in [0.15, 0.2) is 53.4 Å². The zero-order valence-electron chi connectivity index (χ0n) is 15.5. The van der Waals surface area contributed by atoms with Crippen molar-refractivity contribution >= 4 is 39.2 Å². The highest BCUT2D eigenvalue weighted by atomic mass is 35.5. The third-order valence-corrected chi connectivity index (χ3v) is 5.65. The smallest absolute Gasteiger partial charge is 0.308 e. The highest BCUT2D eigenvalue weighted by molar-refractivity contribution is 7.90. The van der Waals surface area contributed by atoms with Gasteiger partial charge in [-0.1, -0.05) is 23.7 Å². The number of hydrogen-bond acceptors (Lipinski definition) is 7. The van der Waals surface area contributed by atoms with E-state index in [0.29, 0.717) is 10.6 Å². The lowest BCUT2D eigenvalue weighted by molar-refractivity contribution is -0.384. The molecule has 0 spiro atoms. The van der Waals surface area contributed by atoms with Crippen LogP contribution in [0.1, 0.15) is 12.5 Å². The van der Waals surface area contributed by atoms with Gasteiger partial charge in [-0.15, -0.1) is 0 Å². The number of non-ortho nitro benzene ring substituents is 1. The van der Waals surface area contributed by atoms with Gasteiger partial charge in [-0.2, -0.15) is 0 Å². The van der Waals surface area contributed by atoms with Crippen molar-refractivity contribution in [1.29, 1.82) is 0 Å². The summed E-state index contributed by atoms with van der Waals surface area (Å²) in [4.78, 5) is 35.3. The minimum Gasteiger partial charge on any atom is -0.308 e. The van der Waals surface area contributed by atoms with E-state index in [1.807, 2.05) is 4.72 Å². The molecule has 30 heavy (non-hydrogen) atoms. The molecule has 2 aromatic carbocycles. The zero-order valence-corrected chi connectivity index (χ0v) is 17.1. The van der Waals surface area contributed by atoms with Crippen LogP contribution < -0.4 is 10.2 Å². The van der Waals surface area contributed by atoms with Crippen LogP contribution in [-0.4, -0.2) is 41.4 Å². The Kier molecular flexibility index (Phi) is 7.32. The fourth-order valence-electron chi connectivity index (χ4n) is 2.39. The molecule has 0 radical (unpaired) electrons. The molecule has 0 aliphatic rings. The number of rotatable bonds is 7. The summed E-state index contributed by atoms with van der Waals surface area (Å²) in [5.41, 5.74) is 1.60. The van der Waals surface area contributed by atoms with E-state index in [1.165, 1.54) is 60.9 Å². The number of hydroxylamine groups is 1. The highest BCUT2D eigenvalue weighted by Crippen LogP contribution is 2.17. The maximum Gasteiger partial charge on any atom is 0.332 e. The van der Waals surface area contributed by atoms with Gasteiger partial charge in [0, 0.05) is 23.7 Å². The number of nitro benzene ring substituents is 1. The van der Waals surface area contributed by atoms with Gasteiger partial charge in [0.25, 0.3) is 21.6 Å². The second-order valence-corrected chi connectivity index (χ2v) is 8.19. The maximum absolute atomic E-state index is 12.7. The Hall–Kier alpha value is -3.22. The Bertz CT molecular complexity index is 1040. The quantitative estimate of drug-likeness (QED) is 0.326. The molecule has 13 heteroatoms. The molecule has 0 aliphatic carbocycles. The lowest BCUT2D eigenvalue weighted by Gasteiger charge is -2.27. The highest BCUT2D eigenvalue weighted by Gasteiger charge is 2.29. The normalized spacial score (nSPS) is 12.0. The molecular weight excluding hydrogens is 440 g/mol. The van der Waals surface area contributed by atoms with E-state index in [1.54, 1.807) is 0 Å². The van der Waals surface area contributed by atoms with Crippen LogP contribution in [0.25, 0.3) is 0 Å². The van der Waals surface area contributed by atoms with Crippen molar-refractivity contribution in [3.05, 3.63) is 69.2 Å². The zero-order chi connectivity index (χ0) is 22.5. The fraction of sp³-hybridized carbons (Fsp3) is 0.176. The van der Waals surface area contributed by atoms with Gasteiger partial charge in [-0.3, -0.25) is 20.1 Å². The van der Waals surface area contributed by atoms with Crippen molar-refractivity contribution in [3.8, 4) is 0 Å². The Balaban J connectivity index is 2.29. The number of halogens is 1. The SMILES string of the molecule is C[C@@H](C(=O)NO)N(Cc1ccc([N+](=O)[O-])cc1)C(=O)NS(=O)(=O)c1ccc(Cl)cc1. The summed E-state index contributed by atoms with van der Waals surface area (Å²) in [5, 5.41) is 19.9. The Morgan fingerprint density at radius 3 is 2.23 bits per heavy atom. The summed E-state index contributed by atoms with van der Waals surface area (Å²) >= 11 is 5.73. The summed E-state index contributed by atoms with van der Waals surface area (Å²) in [5.74, 6) is -0.962. The van der Waals surface area contributed by atoms with E-state index in [4.69, 9.17) is 16.8 Å². The molecular formula is C17H17ClN4O7S. The van der Waals surface area contributed by atoms with Gasteiger partial charge in [0.15, 0.2) is 0 Å². The molecule has 0 unspecified atom stereocenters. The molecule has 0 fully saturated rings. The molecule has 1 atom stereocenters. The average Bonchev–Trinajstić information content (AvgIpc) is 2.71. The predicted octanol–water partition coefficient (Wildman–Crippen LogP) is 2.04. The first-order chi connectivity index (χ1) is 14.0. The third-order valence-electron chi connectivity index (χ3n) is 4.06. The minimum atomic E-state index is -4.28. The lowest BCUT2D eigenvalue weighted by Crippen LogP contribution is -2.51. The van der Waals surface area contributed by atoms with Gasteiger partial charge < -0.3 is 4.90 Å². The van der Waals surface area contributed by atoms with Gasteiger partial charge in [0.05, 0.1) is 9.82 Å². The molecule has 0 bridgehead atoms. The van der Waals surface area contributed by atoms with E-state index in [0.717, 1.165) is 4.90 Å². The van der Waals surface area contributed by atoms with E-state index in [2.05, 4.69) is 0 Å². The summed E-state index contributed by atoms with van der Waals surface area (Å²) in [6.45, 7) is 1.000. The number of benzene rings is 2. The fourth-order valence-corrected chi connectivity index (χ4v) is 3.47. The van der Waals surface area contributed by atoms with Crippen molar-refractivity contribution in [3.63, 3.8) is 0 Å². The predicted molar refractivity (Wildman–Crippen MR) is 105 cm³/mol. The number of nitrogens with one attached hydrogen (secondary N) is 2. The van der Waals surface area contributed by atoms with Crippen LogP contribution in [-0.2, 0) is 21.4 Å². The number of carbonyl (C=O) groups excluding carboxylic acids is 2. The number of sulfonamides is 1. The second-order valence-electron chi connectivity index (χ2n) is 6.07. The number of hydrogen-bond donors (Lipinski definition) is 3. The summed E-state index contributed by atoms with van der Waals surface area (Å²) < 4.78 is 26.8. The topological polar surface area (TPSA) is 159 Å². The molecule has 3 N–H and O–H groups in total. The van der Waals surface area contributed by atoms with Gasteiger partial charge in [0.2, 0.25) is 0 Å². The summed E-state index contributed by atoms with van der Waals surface area (Å²) in [6, 6.07) is 7.76. The maximum atomic E-state index is 12.7. The molecule has 0 saturated heterocycles. The van der Waals surface area contributed by atoms with E-state index >= 15 is 0 Å². The Labute approximate surface area is 176 Å². The first-order valence-corrected chi connectivity index (χ1v) is 10.2. The molecule has 0 aliphatic heterocycles. The van der Waals surface area contributed by atoms with Crippen molar-refractivity contribution in [1.82, 2.24) is 15.1 Å². The Morgan fingerprint density at radius 2 is 1.73 bits per heavy atom. The van der Waals surface area contributed by atoms with Crippen molar-refractivity contribution in [2.24, 2.45) is 0 Å². The lowest BCUT2D eigenvalue weighted by atomic mass is 10.1. The van der Waals surface area contributed by atoms with Gasteiger partial charge in [-0.25, -0.2) is 23.4 Å². The number of nitrogens with zero attached hydrogens (tertiary/aromatic N) is 2. The molecule has 11 nitrogen and oxygen atoms in total. The van der Waals surface area contributed by atoms with E-state index in [9.17, 15) is 28.1 Å². The van der Waals surface area contributed by atoms with Crippen LogP contribution in [0.3, 0.4) is 0 Å². The largest absolute Gasteiger partial charge is 0.332 e. The number of carbonyl (C=O) groups is 2. The van der Waals surface area contributed by atoms with Crippen LogP contribution in [0.2, 0.25) is 5.02 Å². The van der Waals surface area contributed by atoms with Crippen molar-refractivity contribution < 1.29 is 28.1 Å². The molecule has 2 rings (SSSR count). The average molecular weight is 457 g/mol.